The van der Waals surface area contributed by atoms with Crippen molar-refractivity contribution in [1.29, 1.82) is 0 Å². The van der Waals surface area contributed by atoms with Crippen LogP contribution >= 0.6 is 15.9 Å². The van der Waals surface area contributed by atoms with E-state index in [1.54, 1.807) is 0 Å². The normalized spacial score (nSPS) is 24.9. The smallest absolute Gasteiger partial charge is 0.0247 e. The maximum Gasteiger partial charge on any atom is 0.0247 e. The van der Waals surface area contributed by atoms with Crippen LogP contribution in [0, 0.1) is 11.8 Å². The zero-order chi connectivity index (χ0) is 14.5. The Kier molecular flexibility index (Phi) is 6.06. The summed E-state index contributed by atoms with van der Waals surface area (Å²) in [4.78, 5) is 2.45. The van der Waals surface area contributed by atoms with Gasteiger partial charge in [0, 0.05) is 23.6 Å². The molecular formula is C17H27BrN2. The van der Waals surface area contributed by atoms with E-state index in [0.29, 0.717) is 6.04 Å². The quantitative estimate of drug-likeness (QED) is 0.877. The molecule has 1 saturated carbocycles. The first-order chi connectivity index (χ1) is 9.60. The van der Waals surface area contributed by atoms with Crippen LogP contribution in [-0.2, 0) is 6.54 Å². The lowest BCUT2D eigenvalue weighted by molar-refractivity contribution is 0.125. The topological polar surface area (TPSA) is 29.3 Å². The molecule has 3 unspecified atom stereocenters. The lowest BCUT2D eigenvalue weighted by Gasteiger charge is -2.38. The largest absolute Gasteiger partial charge is 0.329 e. The average molecular weight is 339 g/mol. The second-order valence-electron chi connectivity index (χ2n) is 6.38. The van der Waals surface area contributed by atoms with Gasteiger partial charge in [0.1, 0.15) is 0 Å². The zero-order valence-electron chi connectivity index (χ0n) is 12.7. The number of hydrogen-bond acceptors (Lipinski definition) is 2. The summed E-state index contributed by atoms with van der Waals surface area (Å²) in [6.07, 6.45) is 5.45. The molecule has 1 aliphatic carbocycles. The Labute approximate surface area is 131 Å². The van der Waals surface area contributed by atoms with Crippen molar-refractivity contribution in [3.63, 3.8) is 0 Å². The zero-order valence-corrected chi connectivity index (χ0v) is 14.3. The molecule has 0 saturated heterocycles. The number of halogens is 1. The molecule has 1 fully saturated rings. The second kappa shape index (κ2) is 7.58. The van der Waals surface area contributed by atoms with Gasteiger partial charge < -0.3 is 5.73 Å². The van der Waals surface area contributed by atoms with Gasteiger partial charge in [0.2, 0.25) is 0 Å². The molecule has 2 nitrogen and oxygen atoms in total. The van der Waals surface area contributed by atoms with Crippen LogP contribution in [-0.4, -0.2) is 24.5 Å². The van der Waals surface area contributed by atoms with E-state index >= 15 is 0 Å². The van der Waals surface area contributed by atoms with Crippen molar-refractivity contribution in [1.82, 2.24) is 4.90 Å². The number of rotatable bonds is 5. The van der Waals surface area contributed by atoms with Crippen LogP contribution in [0.25, 0.3) is 0 Å². The van der Waals surface area contributed by atoms with Crippen LogP contribution in [0.3, 0.4) is 0 Å². The summed E-state index contributed by atoms with van der Waals surface area (Å²) in [5.74, 6) is 1.63. The molecule has 0 spiro atoms. The Morgan fingerprint density at radius 2 is 2.00 bits per heavy atom. The molecule has 0 amide bonds. The van der Waals surface area contributed by atoms with Crippen molar-refractivity contribution in [2.24, 2.45) is 17.6 Å². The van der Waals surface area contributed by atoms with E-state index in [-0.39, 0.29) is 0 Å². The van der Waals surface area contributed by atoms with E-state index in [4.69, 9.17) is 5.73 Å². The molecule has 0 bridgehead atoms. The van der Waals surface area contributed by atoms with Crippen LogP contribution in [0.15, 0.2) is 28.7 Å². The first-order valence-corrected chi connectivity index (χ1v) is 8.54. The van der Waals surface area contributed by atoms with Gasteiger partial charge in [0.15, 0.2) is 0 Å². The second-order valence-corrected chi connectivity index (χ2v) is 7.29. The summed E-state index contributed by atoms with van der Waals surface area (Å²) in [6, 6.07) is 9.13. The van der Waals surface area contributed by atoms with Gasteiger partial charge in [-0.15, -0.1) is 0 Å². The van der Waals surface area contributed by atoms with E-state index in [2.05, 4.69) is 59.1 Å². The molecule has 2 rings (SSSR count). The highest BCUT2D eigenvalue weighted by Crippen LogP contribution is 2.32. The van der Waals surface area contributed by atoms with Crippen molar-refractivity contribution in [3.8, 4) is 0 Å². The van der Waals surface area contributed by atoms with Crippen molar-refractivity contribution in [2.75, 3.05) is 13.6 Å². The highest BCUT2D eigenvalue weighted by Gasteiger charge is 2.28. The average Bonchev–Trinajstić information content (AvgIpc) is 2.42. The minimum absolute atomic E-state index is 0.515. The molecule has 1 aromatic carbocycles. The molecule has 0 aromatic heterocycles. The van der Waals surface area contributed by atoms with Crippen LogP contribution in [0.5, 0.6) is 0 Å². The molecule has 20 heavy (non-hydrogen) atoms. The Morgan fingerprint density at radius 3 is 2.60 bits per heavy atom. The van der Waals surface area contributed by atoms with Crippen molar-refractivity contribution in [2.45, 2.75) is 45.2 Å². The van der Waals surface area contributed by atoms with Gasteiger partial charge in [-0.25, -0.2) is 0 Å². The third-order valence-electron chi connectivity index (χ3n) is 4.67. The fourth-order valence-corrected chi connectivity index (χ4v) is 3.82. The Balaban J connectivity index is 1.97. The summed E-state index contributed by atoms with van der Waals surface area (Å²) >= 11 is 3.49. The van der Waals surface area contributed by atoms with Crippen molar-refractivity contribution >= 4 is 15.9 Å². The van der Waals surface area contributed by atoms with Gasteiger partial charge in [0.25, 0.3) is 0 Å². The van der Waals surface area contributed by atoms with Gasteiger partial charge in [-0.2, -0.15) is 0 Å². The van der Waals surface area contributed by atoms with E-state index < -0.39 is 0 Å². The first-order valence-electron chi connectivity index (χ1n) is 7.75. The van der Waals surface area contributed by atoms with Gasteiger partial charge in [0.05, 0.1) is 0 Å². The summed E-state index contributed by atoms with van der Waals surface area (Å²) in [7, 11) is 2.22. The number of nitrogens with zero attached hydrogens (tertiary/aromatic N) is 1. The van der Waals surface area contributed by atoms with E-state index in [0.717, 1.165) is 29.4 Å². The number of benzene rings is 1. The predicted octanol–water partition coefficient (Wildman–Crippen LogP) is 4.03. The third-order valence-corrected chi connectivity index (χ3v) is 5.20. The van der Waals surface area contributed by atoms with Gasteiger partial charge in [-0.05, 0) is 49.4 Å². The van der Waals surface area contributed by atoms with Crippen LogP contribution in [0.2, 0.25) is 0 Å². The summed E-state index contributed by atoms with van der Waals surface area (Å²) in [5.41, 5.74) is 7.44. The summed E-state index contributed by atoms with van der Waals surface area (Å²) < 4.78 is 1.14. The predicted molar refractivity (Wildman–Crippen MR) is 89.6 cm³/mol. The summed E-state index contributed by atoms with van der Waals surface area (Å²) in [6.45, 7) is 4.14. The standard InChI is InChI=1S/C17H27BrN2/c1-13-4-3-5-15(10-13)17(11-19)20(2)12-14-6-8-16(18)9-7-14/h6-9,13,15,17H,3-5,10-12,19H2,1-2H3. The minimum atomic E-state index is 0.515. The molecule has 3 atom stereocenters. The van der Waals surface area contributed by atoms with Crippen LogP contribution < -0.4 is 5.73 Å². The minimum Gasteiger partial charge on any atom is -0.329 e. The highest BCUT2D eigenvalue weighted by molar-refractivity contribution is 9.10. The molecule has 1 aliphatic rings. The monoisotopic (exact) mass is 338 g/mol. The van der Waals surface area contributed by atoms with E-state index in [1.807, 2.05) is 0 Å². The molecule has 0 aliphatic heterocycles. The molecule has 0 heterocycles. The van der Waals surface area contributed by atoms with Gasteiger partial charge in [-0.1, -0.05) is 47.8 Å². The molecule has 1 aromatic rings. The summed E-state index contributed by atoms with van der Waals surface area (Å²) in [5, 5.41) is 0. The number of likely N-dealkylation sites (N-methyl/N-ethyl adjacent to an activating group) is 1. The number of hydrogen-bond donors (Lipinski definition) is 1. The maximum atomic E-state index is 6.08. The molecule has 112 valence electrons. The van der Waals surface area contributed by atoms with E-state index in [9.17, 15) is 0 Å². The first kappa shape index (κ1) is 16.0. The lowest BCUT2D eigenvalue weighted by atomic mass is 9.78. The maximum absolute atomic E-state index is 6.08. The molecule has 3 heteroatoms. The Morgan fingerprint density at radius 1 is 1.30 bits per heavy atom. The van der Waals surface area contributed by atoms with Gasteiger partial charge >= 0.3 is 0 Å². The number of nitrogens with two attached hydrogens (primary N) is 1. The lowest BCUT2D eigenvalue weighted by Crippen LogP contribution is -2.44. The highest BCUT2D eigenvalue weighted by atomic mass is 79.9. The Bertz CT molecular complexity index is 404. The van der Waals surface area contributed by atoms with Crippen molar-refractivity contribution < 1.29 is 0 Å². The van der Waals surface area contributed by atoms with Gasteiger partial charge in [-0.3, -0.25) is 4.90 Å². The fraction of sp³-hybridized carbons (Fsp3) is 0.647. The van der Waals surface area contributed by atoms with E-state index in [1.165, 1.54) is 31.2 Å². The van der Waals surface area contributed by atoms with Crippen molar-refractivity contribution in [3.05, 3.63) is 34.3 Å². The van der Waals surface area contributed by atoms with Crippen LogP contribution in [0.1, 0.15) is 38.2 Å². The molecule has 0 radical (unpaired) electrons. The Hall–Kier alpha value is -0.380. The molecule has 2 N–H and O–H groups in total. The van der Waals surface area contributed by atoms with Crippen LogP contribution in [0.4, 0.5) is 0 Å². The fourth-order valence-electron chi connectivity index (χ4n) is 3.56. The SMILES string of the molecule is CC1CCCC(C(CN)N(C)Cc2ccc(Br)cc2)C1. The molecular weight excluding hydrogens is 312 g/mol. The third kappa shape index (κ3) is 4.31.